The van der Waals surface area contributed by atoms with Crippen molar-refractivity contribution in [1.82, 2.24) is 4.90 Å². The van der Waals surface area contributed by atoms with Gasteiger partial charge in [-0.05, 0) is 56.3 Å². The van der Waals surface area contributed by atoms with Crippen molar-refractivity contribution in [3.63, 3.8) is 0 Å². The van der Waals surface area contributed by atoms with Crippen LogP contribution in [-0.2, 0) is 9.59 Å². The van der Waals surface area contributed by atoms with Crippen molar-refractivity contribution in [2.75, 3.05) is 37.4 Å². The van der Waals surface area contributed by atoms with Crippen molar-refractivity contribution in [2.45, 2.75) is 12.8 Å². The summed E-state index contributed by atoms with van der Waals surface area (Å²) in [6.07, 6.45) is 1.46. The van der Waals surface area contributed by atoms with E-state index in [-0.39, 0.29) is 24.3 Å². The summed E-state index contributed by atoms with van der Waals surface area (Å²) in [7, 11) is 1.55. The minimum absolute atomic E-state index is 0.0347. The average molecular weight is 402 g/mol. The maximum Gasteiger partial charge on any atom is 0.238 e. The lowest BCUT2D eigenvalue weighted by atomic mass is 9.96. The van der Waals surface area contributed by atoms with Crippen molar-refractivity contribution in [3.8, 4) is 5.75 Å². The number of ether oxygens (including phenoxy) is 1. The van der Waals surface area contributed by atoms with E-state index in [1.54, 1.807) is 25.3 Å². The zero-order valence-corrected chi connectivity index (χ0v) is 16.5. The summed E-state index contributed by atoms with van der Waals surface area (Å²) in [5.41, 5.74) is 1.36. The van der Waals surface area contributed by atoms with Gasteiger partial charge in [-0.15, -0.1) is 0 Å². The number of benzene rings is 2. The van der Waals surface area contributed by atoms with Crippen LogP contribution in [-0.4, -0.2) is 43.5 Å². The monoisotopic (exact) mass is 401 g/mol. The van der Waals surface area contributed by atoms with Gasteiger partial charge < -0.3 is 15.4 Å². The Labute approximate surface area is 169 Å². The number of para-hydroxylation sites is 1. The molecule has 2 aromatic rings. The van der Waals surface area contributed by atoms with Gasteiger partial charge in [0, 0.05) is 16.6 Å². The van der Waals surface area contributed by atoms with E-state index in [1.165, 1.54) is 0 Å². The maximum absolute atomic E-state index is 12.4. The molecule has 1 saturated heterocycles. The number of amides is 2. The van der Waals surface area contributed by atoms with E-state index >= 15 is 0 Å². The molecule has 0 aliphatic carbocycles. The van der Waals surface area contributed by atoms with Gasteiger partial charge in [0.2, 0.25) is 11.8 Å². The lowest BCUT2D eigenvalue weighted by molar-refractivity contribution is -0.121. The third kappa shape index (κ3) is 5.47. The van der Waals surface area contributed by atoms with Gasteiger partial charge in [0.15, 0.2) is 0 Å². The first-order chi connectivity index (χ1) is 13.5. The van der Waals surface area contributed by atoms with E-state index in [9.17, 15) is 9.59 Å². The smallest absolute Gasteiger partial charge is 0.238 e. The number of rotatable bonds is 6. The summed E-state index contributed by atoms with van der Waals surface area (Å²) in [5, 5.41) is 6.33. The van der Waals surface area contributed by atoms with Gasteiger partial charge in [-0.2, -0.15) is 0 Å². The molecule has 2 N–H and O–H groups in total. The number of carbonyl (C=O) groups is 2. The van der Waals surface area contributed by atoms with Crippen LogP contribution in [0.25, 0.3) is 0 Å². The zero-order chi connectivity index (χ0) is 19.9. The first-order valence-corrected chi connectivity index (χ1v) is 9.64. The van der Waals surface area contributed by atoms with Crippen LogP contribution in [0, 0.1) is 5.92 Å². The van der Waals surface area contributed by atoms with Gasteiger partial charge in [-0.1, -0.05) is 29.8 Å². The summed E-state index contributed by atoms with van der Waals surface area (Å²) in [5.74, 6) is 0.438. The molecule has 28 heavy (non-hydrogen) atoms. The minimum Gasteiger partial charge on any atom is -0.495 e. The molecule has 6 nitrogen and oxygen atoms in total. The number of hydrogen-bond acceptors (Lipinski definition) is 4. The Morgan fingerprint density at radius 3 is 2.50 bits per heavy atom. The van der Waals surface area contributed by atoms with E-state index < -0.39 is 0 Å². The Kier molecular flexibility index (Phi) is 6.90. The molecule has 1 heterocycles. The number of nitrogens with one attached hydrogen (secondary N) is 2. The largest absolute Gasteiger partial charge is 0.495 e. The van der Waals surface area contributed by atoms with Crippen LogP contribution in [0.2, 0.25) is 5.02 Å². The van der Waals surface area contributed by atoms with Crippen LogP contribution >= 0.6 is 11.6 Å². The van der Waals surface area contributed by atoms with Crippen molar-refractivity contribution >= 4 is 34.8 Å². The highest BCUT2D eigenvalue weighted by Crippen LogP contribution is 2.27. The van der Waals surface area contributed by atoms with Gasteiger partial charge in [-0.25, -0.2) is 0 Å². The molecule has 3 rings (SSSR count). The Bertz CT molecular complexity index is 821. The number of likely N-dealkylation sites (tertiary alicyclic amines) is 1. The second-order valence-corrected chi connectivity index (χ2v) is 7.23. The highest BCUT2D eigenvalue weighted by molar-refractivity contribution is 6.31. The number of methoxy groups -OCH3 is 1. The molecule has 0 atom stereocenters. The van der Waals surface area contributed by atoms with Crippen molar-refractivity contribution in [1.29, 1.82) is 0 Å². The van der Waals surface area contributed by atoms with Crippen LogP contribution < -0.4 is 15.4 Å². The fraction of sp³-hybridized carbons (Fsp3) is 0.333. The fourth-order valence-corrected chi connectivity index (χ4v) is 3.46. The molecule has 2 amide bonds. The third-order valence-corrected chi connectivity index (χ3v) is 5.04. The molecule has 0 saturated carbocycles. The Hall–Kier alpha value is -2.57. The number of hydrogen-bond donors (Lipinski definition) is 2. The molecule has 7 heteroatoms. The SMILES string of the molecule is COc1ccc(Cl)cc1NC(=O)CN1CCC(C(=O)Nc2ccccc2)CC1. The standard InChI is InChI=1S/C21H24ClN3O3/c1-28-19-8-7-16(22)13-18(19)24-20(26)14-25-11-9-15(10-12-25)21(27)23-17-5-3-2-4-6-17/h2-8,13,15H,9-12,14H2,1H3,(H,23,27)(H,24,26). The molecular weight excluding hydrogens is 378 g/mol. The summed E-state index contributed by atoms with van der Waals surface area (Å²) in [6.45, 7) is 1.67. The molecule has 0 aromatic heterocycles. The van der Waals surface area contributed by atoms with Gasteiger partial charge >= 0.3 is 0 Å². The Morgan fingerprint density at radius 2 is 1.82 bits per heavy atom. The first kappa shape index (κ1) is 20.2. The van der Waals surface area contributed by atoms with Gasteiger partial charge in [0.1, 0.15) is 5.75 Å². The van der Waals surface area contributed by atoms with Crippen LogP contribution in [0.4, 0.5) is 11.4 Å². The second kappa shape index (κ2) is 9.57. The fourth-order valence-electron chi connectivity index (χ4n) is 3.29. The van der Waals surface area contributed by atoms with E-state index in [2.05, 4.69) is 15.5 Å². The number of anilines is 2. The van der Waals surface area contributed by atoms with Crippen molar-refractivity contribution in [3.05, 3.63) is 53.6 Å². The lowest BCUT2D eigenvalue weighted by Gasteiger charge is -2.30. The predicted octanol–water partition coefficient (Wildman–Crippen LogP) is 3.64. The molecule has 2 aromatic carbocycles. The Balaban J connectivity index is 1.47. The molecule has 0 radical (unpaired) electrons. The summed E-state index contributed by atoms with van der Waals surface area (Å²) < 4.78 is 5.25. The second-order valence-electron chi connectivity index (χ2n) is 6.80. The topological polar surface area (TPSA) is 70.7 Å². The molecule has 1 aliphatic heterocycles. The van der Waals surface area contributed by atoms with E-state index in [0.717, 1.165) is 18.5 Å². The summed E-state index contributed by atoms with van der Waals surface area (Å²) in [6, 6.07) is 14.5. The highest BCUT2D eigenvalue weighted by atomic mass is 35.5. The molecule has 0 spiro atoms. The highest BCUT2D eigenvalue weighted by Gasteiger charge is 2.26. The predicted molar refractivity (Wildman–Crippen MR) is 111 cm³/mol. The van der Waals surface area contributed by atoms with Crippen LogP contribution in [0.1, 0.15) is 12.8 Å². The molecule has 1 aliphatic rings. The molecular formula is C21H24ClN3O3. The van der Waals surface area contributed by atoms with Gasteiger partial charge in [-0.3, -0.25) is 14.5 Å². The number of nitrogens with zero attached hydrogens (tertiary/aromatic N) is 1. The summed E-state index contributed by atoms with van der Waals surface area (Å²) in [4.78, 5) is 26.8. The van der Waals surface area contributed by atoms with Crippen LogP contribution in [0.3, 0.4) is 0 Å². The third-order valence-electron chi connectivity index (χ3n) is 4.80. The number of piperidine rings is 1. The molecule has 0 bridgehead atoms. The zero-order valence-electron chi connectivity index (χ0n) is 15.8. The molecule has 0 unspecified atom stereocenters. The van der Waals surface area contributed by atoms with Gasteiger partial charge in [0.05, 0.1) is 19.3 Å². The van der Waals surface area contributed by atoms with Gasteiger partial charge in [0.25, 0.3) is 0 Å². The van der Waals surface area contributed by atoms with E-state index in [4.69, 9.17) is 16.3 Å². The average Bonchev–Trinajstić information content (AvgIpc) is 2.69. The minimum atomic E-state index is -0.132. The lowest BCUT2D eigenvalue weighted by Crippen LogP contribution is -2.41. The van der Waals surface area contributed by atoms with E-state index in [1.807, 2.05) is 30.3 Å². The summed E-state index contributed by atoms with van der Waals surface area (Å²) >= 11 is 6.00. The number of carbonyl (C=O) groups excluding carboxylic acids is 2. The Morgan fingerprint density at radius 1 is 1.11 bits per heavy atom. The van der Waals surface area contributed by atoms with Crippen LogP contribution in [0.15, 0.2) is 48.5 Å². The first-order valence-electron chi connectivity index (χ1n) is 9.27. The number of halogens is 1. The van der Waals surface area contributed by atoms with Crippen molar-refractivity contribution < 1.29 is 14.3 Å². The molecule has 1 fully saturated rings. The van der Waals surface area contributed by atoms with Crippen molar-refractivity contribution in [2.24, 2.45) is 5.92 Å². The maximum atomic E-state index is 12.4. The van der Waals surface area contributed by atoms with Crippen LogP contribution in [0.5, 0.6) is 5.75 Å². The normalized spacial score (nSPS) is 15.1. The quantitative estimate of drug-likeness (QED) is 0.775. The molecule has 148 valence electrons. The van der Waals surface area contributed by atoms with E-state index in [0.29, 0.717) is 29.5 Å².